The Kier molecular flexibility index (Phi) is 11.1. The average Bonchev–Trinajstić information content (AvgIpc) is 3.51. The molecule has 7 rings (SSSR count). The number of nitrogens with zero attached hydrogens (tertiary/aromatic N) is 1. The van der Waals surface area contributed by atoms with Crippen LogP contribution in [0.1, 0.15) is 145 Å². The Bertz CT molecular complexity index is 1670. The van der Waals surface area contributed by atoms with Gasteiger partial charge in [-0.3, -0.25) is 0 Å². The fourth-order valence-electron chi connectivity index (χ4n) is 15.1. The summed E-state index contributed by atoms with van der Waals surface area (Å²) in [6.07, 6.45) is 20.9. The zero-order chi connectivity index (χ0) is 39.8. The topological polar surface area (TPSA) is 75.7 Å². The maximum Gasteiger partial charge on any atom is 0.343 e. The van der Waals surface area contributed by atoms with E-state index in [-0.39, 0.29) is 51.9 Å². The molecular formula is C47H75FN2O4S. The molecule has 55 heavy (non-hydrogen) atoms. The van der Waals surface area contributed by atoms with Crippen molar-refractivity contribution < 1.29 is 22.3 Å². The molecule has 0 aromatic heterocycles. The van der Waals surface area contributed by atoms with Gasteiger partial charge in [0, 0.05) is 24.9 Å². The first-order chi connectivity index (χ1) is 25.7. The van der Waals surface area contributed by atoms with Crippen LogP contribution in [0.5, 0.6) is 0 Å². The predicted molar refractivity (Wildman–Crippen MR) is 222 cm³/mol. The van der Waals surface area contributed by atoms with E-state index in [9.17, 15) is 13.2 Å². The lowest BCUT2D eigenvalue weighted by Gasteiger charge is -2.72. The second kappa shape index (κ2) is 14.6. The third-order valence-electron chi connectivity index (χ3n) is 18.4. The molecule has 1 N–H and O–H groups in total. The Morgan fingerprint density at radius 3 is 2.27 bits per heavy atom. The molecule has 8 heteroatoms. The minimum atomic E-state index is -2.95. The van der Waals surface area contributed by atoms with E-state index in [1.165, 1.54) is 74.3 Å². The van der Waals surface area contributed by atoms with Crippen LogP contribution in [0.2, 0.25) is 0 Å². The number of likely N-dealkylation sites (tertiary alicyclic amines) is 1. The summed E-state index contributed by atoms with van der Waals surface area (Å²) in [5.74, 6) is 2.46. The van der Waals surface area contributed by atoms with E-state index in [1.54, 1.807) is 6.92 Å². The van der Waals surface area contributed by atoms with Gasteiger partial charge in [0.2, 0.25) is 5.67 Å². The Hall–Kier alpha value is -1.51. The summed E-state index contributed by atoms with van der Waals surface area (Å²) in [7, 11) is -2.95. The third kappa shape index (κ3) is 6.88. The number of halogens is 1. The number of ether oxygens (including phenoxy) is 1. The van der Waals surface area contributed by atoms with Gasteiger partial charge in [-0.25, -0.2) is 17.6 Å². The Morgan fingerprint density at radius 2 is 1.64 bits per heavy atom. The molecule has 0 spiro atoms. The molecule has 0 amide bonds. The fraction of sp³-hybridized carbons (Fsp3) is 0.851. The van der Waals surface area contributed by atoms with Crippen LogP contribution in [0.15, 0.2) is 35.5 Å². The number of hydrogen-bond acceptors (Lipinski definition) is 6. The van der Waals surface area contributed by atoms with Crippen molar-refractivity contribution in [3.05, 3.63) is 35.5 Å². The van der Waals surface area contributed by atoms with Crippen molar-refractivity contribution >= 4 is 15.8 Å². The molecule has 1 aliphatic heterocycles. The van der Waals surface area contributed by atoms with Crippen LogP contribution in [0.4, 0.5) is 4.39 Å². The minimum absolute atomic E-state index is 0.0344. The number of rotatable bonds is 9. The Labute approximate surface area is 334 Å². The standard InChI is InChI=1S/C47H75FN2O4S/c1-10-54-41(51)46(48)22-13-33(14-23-46)31-34-15-20-43(6)38(42(34,4)5)17-21-45(8)39(43)12-11-37-40-36(32(2)3)16-24-47(40,26-25-44(37,45)7)49-27-30-50-28-18-35(19-29-50)55(9,52)53/h15,31,35-40,49H,2,10-14,16-30H2,1,3-9H3. The zero-order valence-electron chi connectivity index (χ0n) is 35.8. The average molecular weight is 783 g/mol. The van der Waals surface area contributed by atoms with Crippen LogP contribution < -0.4 is 5.32 Å². The van der Waals surface area contributed by atoms with Crippen LogP contribution in [0.25, 0.3) is 0 Å². The van der Waals surface area contributed by atoms with Gasteiger partial charge in [-0.2, -0.15) is 0 Å². The molecule has 9 atom stereocenters. The molecule has 9 unspecified atom stereocenters. The van der Waals surface area contributed by atoms with E-state index in [4.69, 9.17) is 4.74 Å². The highest BCUT2D eigenvalue weighted by atomic mass is 32.2. The molecule has 1 saturated heterocycles. The lowest BCUT2D eigenvalue weighted by Crippen LogP contribution is -2.68. The first kappa shape index (κ1) is 41.6. The van der Waals surface area contributed by atoms with Crippen LogP contribution in [0, 0.1) is 51.2 Å². The van der Waals surface area contributed by atoms with Crippen LogP contribution >= 0.6 is 0 Å². The number of esters is 1. The first-order valence-corrected chi connectivity index (χ1v) is 24.3. The number of carbonyl (C=O) groups excluding carboxylic acids is 1. The van der Waals surface area contributed by atoms with Gasteiger partial charge in [-0.05, 0) is 180 Å². The first-order valence-electron chi connectivity index (χ1n) is 22.3. The molecule has 6 fully saturated rings. The van der Waals surface area contributed by atoms with Gasteiger partial charge in [-0.15, -0.1) is 0 Å². The molecule has 5 saturated carbocycles. The molecule has 0 aromatic carbocycles. The molecule has 310 valence electrons. The third-order valence-corrected chi connectivity index (χ3v) is 20.1. The predicted octanol–water partition coefficient (Wildman–Crippen LogP) is 9.80. The van der Waals surface area contributed by atoms with E-state index >= 15 is 4.39 Å². The number of nitrogens with one attached hydrogen (secondary N) is 1. The lowest BCUT2D eigenvalue weighted by atomic mass is 9.33. The van der Waals surface area contributed by atoms with E-state index < -0.39 is 21.5 Å². The molecule has 7 aliphatic rings. The van der Waals surface area contributed by atoms with Gasteiger partial charge in [-0.1, -0.05) is 64.5 Å². The number of carbonyl (C=O) groups is 1. The zero-order valence-corrected chi connectivity index (χ0v) is 36.7. The monoisotopic (exact) mass is 783 g/mol. The molecular weight excluding hydrogens is 708 g/mol. The van der Waals surface area contributed by atoms with Crippen molar-refractivity contribution in [3.8, 4) is 0 Å². The minimum Gasteiger partial charge on any atom is -0.464 e. The van der Waals surface area contributed by atoms with Crippen molar-refractivity contribution in [2.45, 2.75) is 161 Å². The van der Waals surface area contributed by atoms with Crippen molar-refractivity contribution in [1.82, 2.24) is 10.2 Å². The molecule has 0 radical (unpaired) electrons. The maximum atomic E-state index is 15.5. The molecule has 0 aromatic rings. The van der Waals surface area contributed by atoms with Gasteiger partial charge in [0.25, 0.3) is 0 Å². The SMILES string of the molecule is C=C(C)C1CCC2(NCCN3CCC(S(C)(=O)=O)CC3)CCC3(C)C(CCC4C5(C)CC=C(C=C6CCC(F)(C(=O)OCC)CC6)C(C)(C)C5CCC43C)C12. The maximum absolute atomic E-state index is 15.5. The number of hydrogen-bond donors (Lipinski definition) is 1. The number of sulfone groups is 1. The lowest BCUT2D eigenvalue weighted by molar-refractivity contribution is -0.221. The quantitative estimate of drug-likeness (QED) is 0.186. The van der Waals surface area contributed by atoms with Crippen molar-refractivity contribution in [3.63, 3.8) is 0 Å². The Balaban J connectivity index is 1.08. The summed E-state index contributed by atoms with van der Waals surface area (Å²) < 4.78 is 44.8. The van der Waals surface area contributed by atoms with Crippen molar-refractivity contribution in [2.24, 2.45) is 51.2 Å². The number of alkyl halides is 1. The van der Waals surface area contributed by atoms with E-state index in [0.29, 0.717) is 42.4 Å². The van der Waals surface area contributed by atoms with Gasteiger partial charge < -0.3 is 15.0 Å². The van der Waals surface area contributed by atoms with Crippen LogP contribution in [-0.2, 0) is 19.4 Å². The highest BCUT2D eigenvalue weighted by Gasteiger charge is 2.70. The summed E-state index contributed by atoms with van der Waals surface area (Å²) in [5.41, 5.74) is 3.24. The second-order valence-electron chi connectivity index (χ2n) is 21.2. The van der Waals surface area contributed by atoms with Gasteiger partial charge >= 0.3 is 5.97 Å². The normalized spacial score (nSPS) is 43.3. The second-order valence-corrected chi connectivity index (χ2v) is 23.5. The molecule has 6 nitrogen and oxygen atoms in total. The summed E-state index contributed by atoms with van der Waals surface area (Å²) >= 11 is 0. The van der Waals surface area contributed by atoms with Gasteiger partial charge in [0.1, 0.15) is 9.84 Å². The van der Waals surface area contributed by atoms with E-state index in [0.717, 1.165) is 45.4 Å². The summed E-state index contributed by atoms with van der Waals surface area (Å²) in [6, 6.07) is 0. The van der Waals surface area contributed by atoms with Gasteiger partial charge in [0.15, 0.2) is 0 Å². The number of fused-ring (bicyclic) bond motifs is 7. The van der Waals surface area contributed by atoms with Crippen molar-refractivity contribution in [1.29, 1.82) is 0 Å². The van der Waals surface area contributed by atoms with Crippen LogP contribution in [0.3, 0.4) is 0 Å². The largest absolute Gasteiger partial charge is 0.464 e. The highest BCUT2D eigenvalue weighted by molar-refractivity contribution is 7.91. The molecule has 0 bridgehead atoms. The van der Waals surface area contributed by atoms with E-state index in [2.05, 4.69) is 70.5 Å². The molecule has 6 aliphatic carbocycles. The summed E-state index contributed by atoms with van der Waals surface area (Å²) in [6.45, 7) is 25.7. The summed E-state index contributed by atoms with van der Waals surface area (Å²) in [5, 5.41) is 4.09. The fourth-order valence-corrected chi connectivity index (χ4v) is 16.2. The smallest absolute Gasteiger partial charge is 0.343 e. The molecule has 1 heterocycles. The summed E-state index contributed by atoms with van der Waals surface area (Å²) in [4.78, 5) is 14.8. The highest BCUT2D eigenvalue weighted by Crippen LogP contribution is 2.76. The van der Waals surface area contributed by atoms with Crippen LogP contribution in [-0.4, -0.2) is 74.8 Å². The Morgan fingerprint density at radius 1 is 0.945 bits per heavy atom. The van der Waals surface area contributed by atoms with Gasteiger partial charge in [0.05, 0.1) is 11.9 Å². The van der Waals surface area contributed by atoms with E-state index in [1.807, 2.05) is 0 Å². The number of allylic oxidation sites excluding steroid dienone is 5. The number of piperidine rings is 1. The van der Waals surface area contributed by atoms with Crippen molar-refractivity contribution in [2.75, 3.05) is 39.0 Å².